The molecule has 9 nitrogen and oxygen atoms in total. The van der Waals surface area contributed by atoms with Gasteiger partial charge in [0, 0.05) is 6.54 Å². The summed E-state index contributed by atoms with van der Waals surface area (Å²) in [6, 6.07) is 4.14. The Morgan fingerprint density at radius 3 is 2.67 bits per heavy atom. The number of carbonyl (C=O) groups is 2. The number of hydrogen-bond acceptors (Lipinski definition) is 9. The zero-order chi connectivity index (χ0) is 27.6. The van der Waals surface area contributed by atoms with Gasteiger partial charge in [0.1, 0.15) is 5.76 Å². The number of ether oxygens (including phenoxy) is 5. The summed E-state index contributed by atoms with van der Waals surface area (Å²) in [5.74, 6) is 1.05. The number of methoxy groups -OCH3 is 2. The lowest BCUT2D eigenvalue weighted by molar-refractivity contribution is -0.162. The highest BCUT2D eigenvalue weighted by atomic mass is 16.7. The predicted octanol–water partition coefficient (Wildman–Crippen LogP) is 3.47. The SMILES string of the molecule is COC(=O)C[C@]1(C(=O)O[C@@H]2C(OC)=C[C@]34CCCN3CCc3cc5c(cc3[C@H]24)OCO5)CC1CCC(C)(C)O. The molecule has 2 fully saturated rings. The standard InChI is InChI=1S/C30H39NO8/c1-28(2,34)9-6-19-14-29(19,16-24(32)36-4)27(33)39-26-23(35-3)15-30-8-5-10-31(30)11-7-18-12-21-22(38-17-37-21)13-20(18)25(26)30/h12-13,15,19,25-26,34H,5-11,14,16-17H2,1-4H3/t19?,25-,26-,29-,30+/m1/s1. The van der Waals surface area contributed by atoms with Crippen LogP contribution in [0.5, 0.6) is 11.5 Å². The van der Waals surface area contributed by atoms with Gasteiger partial charge in [0.2, 0.25) is 6.79 Å². The molecule has 0 radical (unpaired) electrons. The van der Waals surface area contributed by atoms with Crippen molar-refractivity contribution in [3.05, 3.63) is 35.1 Å². The third-order valence-corrected chi connectivity index (χ3v) is 9.63. The van der Waals surface area contributed by atoms with Gasteiger partial charge in [0.15, 0.2) is 17.6 Å². The van der Waals surface area contributed by atoms with Gasteiger partial charge in [-0.15, -0.1) is 0 Å². The summed E-state index contributed by atoms with van der Waals surface area (Å²) in [6.45, 7) is 5.57. The van der Waals surface area contributed by atoms with Gasteiger partial charge in [-0.3, -0.25) is 14.5 Å². The van der Waals surface area contributed by atoms with Crippen LogP contribution in [0.3, 0.4) is 0 Å². The molecule has 212 valence electrons. The molecule has 1 unspecified atom stereocenters. The topological polar surface area (TPSA) is 104 Å². The summed E-state index contributed by atoms with van der Waals surface area (Å²) in [7, 11) is 2.96. The number of aliphatic hydroxyl groups is 1. The van der Waals surface area contributed by atoms with Crippen LogP contribution >= 0.6 is 0 Å². The Balaban J connectivity index is 1.35. The van der Waals surface area contributed by atoms with Gasteiger partial charge < -0.3 is 28.8 Å². The molecule has 9 heteroatoms. The zero-order valence-corrected chi connectivity index (χ0v) is 23.3. The monoisotopic (exact) mass is 541 g/mol. The average Bonchev–Trinajstić information content (AvgIpc) is 3.17. The number of fused-ring (bicyclic) bond motifs is 3. The fourth-order valence-corrected chi connectivity index (χ4v) is 7.48. The van der Waals surface area contributed by atoms with Crippen LogP contribution < -0.4 is 9.47 Å². The van der Waals surface area contributed by atoms with E-state index in [-0.39, 0.29) is 30.6 Å². The summed E-state index contributed by atoms with van der Waals surface area (Å²) in [6.07, 6.45) is 6.05. The molecule has 5 aliphatic rings. The average molecular weight is 542 g/mol. The van der Waals surface area contributed by atoms with Gasteiger partial charge in [-0.05, 0) is 94.2 Å². The molecule has 1 saturated carbocycles. The molecule has 0 aromatic heterocycles. The second-order valence-corrected chi connectivity index (χ2v) is 12.5. The third kappa shape index (κ3) is 4.38. The van der Waals surface area contributed by atoms with Gasteiger partial charge in [-0.25, -0.2) is 0 Å². The van der Waals surface area contributed by atoms with Crippen LogP contribution in [0.15, 0.2) is 24.0 Å². The van der Waals surface area contributed by atoms with E-state index in [4.69, 9.17) is 23.7 Å². The molecule has 2 aliphatic carbocycles. The van der Waals surface area contributed by atoms with Crippen molar-refractivity contribution in [3.63, 3.8) is 0 Å². The van der Waals surface area contributed by atoms with E-state index in [1.54, 1.807) is 21.0 Å². The zero-order valence-electron chi connectivity index (χ0n) is 23.3. The van der Waals surface area contributed by atoms with Crippen molar-refractivity contribution < 1.29 is 38.4 Å². The van der Waals surface area contributed by atoms with E-state index >= 15 is 0 Å². The first-order valence-electron chi connectivity index (χ1n) is 14.0. The Hall–Kier alpha value is -2.78. The summed E-state index contributed by atoms with van der Waals surface area (Å²) in [4.78, 5) is 29.0. The molecule has 3 heterocycles. The normalized spacial score (nSPS) is 32.4. The molecule has 1 aromatic rings. The van der Waals surface area contributed by atoms with Crippen molar-refractivity contribution in [2.75, 3.05) is 34.1 Å². The van der Waals surface area contributed by atoms with Crippen LogP contribution in [0.2, 0.25) is 0 Å². The van der Waals surface area contributed by atoms with Crippen LogP contribution in [0, 0.1) is 11.3 Å². The van der Waals surface area contributed by atoms with Crippen molar-refractivity contribution >= 4 is 11.9 Å². The Morgan fingerprint density at radius 2 is 1.95 bits per heavy atom. The molecule has 0 bridgehead atoms. The van der Waals surface area contributed by atoms with E-state index < -0.39 is 29.1 Å². The van der Waals surface area contributed by atoms with E-state index in [2.05, 4.69) is 23.1 Å². The Morgan fingerprint density at radius 1 is 1.18 bits per heavy atom. The van der Waals surface area contributed by atoms with E-state index in [1.165, 1.54) is 12.7 Å². The van der Waals surface area contributed by atoms with Crippen LogP contribution in [-0.2, 0) is 30.2 Å². The summed E-state index contributed by atoms with van der Waals surface area (Å²) >= 11 is 0. The molecule has 5 atom stereocenters. The molecule has 1 spiro atoms. The maximum Gasteiger partial charge on any atom is 0.313 e. The second kappa shape index (κ2) is 9.41. The first kappa shape index (κ1) is 26.4. The number of hydrogen-bond donors (Lipinski definition) is 1. The minimum absolute atomic E-state index is 0.0329. The minimum atomic E-state index is -0.954. The quantitative estimate of drug-likeness (QED) is 0.496. The number of carbonyl (C=O) groups excluding carboxylic acids is 2. The fraction of sp³-hybridized carbons (Fsp3) is 0.667. The van der Waals surface area contributed by atoms with Crippen molar-refractivity contribution in [3.8, 4) is 11.5 Å². The first-order valence-corrected chi connectivity index (χ1v) is 14.0. The molecule has 1 N–H and O–H groups in total. The lowest BCUT2D eigenvalue weighted by Crippen LogP contribution is -2.47. The van der Waals surface area contributed by atoms with Crippen molar-refractivity contribution in [1.82, 2.24) is 4.90 Å². The molecule has 3 aliphatic heterocycles. The molecule has 1 saturated heterocycles. The molecular formula is C30H39NO8. The van der Waals surface area contributed by atoms with Gasteiger partial charge in [0.05, 0.1) is 43.1 Å². The van der Waals surface area contributed by atoms with Gasteiger partial charge in [-0.1, -0.05) is 0 Å². The lowest BCUT2D eigenvalue weighted by Gasteiger charge is -2.39. The smallest absolute Gasteiger partial charge is 0.313 e. The summed E-state index contributed by atoms with van der Waals surface area (Å²) < 4.78 is 28.8. The van der Waals surface area contributed by atoms with Crippen LogP contribution in [0.1, 0.15) is 69.4 Å². The minimum Gasteiger partial charge on any atom is -0.497 e. The van der Waals surface area contributed by atoms with E-state index in [0.717, 1.165) is 43.7 Å². The molecule has 0 amide bonds. The molecule has 6 rings (SSSR count). The second-order valence-electron chi connectivity index (χ2n) is 12.5. The summed E-state index contributed by atoms with van der Waals surface area (Å²) in [5, 5.41) is 10.3. The molecule has 39 heavy (non-hydrogen) atoms. The maximum atomic E-state index is 14.0. The van der Waals surface area contributed by atoms with E-state index in [9.17, 15) is 14.7 Å². The van der Waals surface area contributed by atoms with Crippen molar-refractivity contribution in [1.29, 1.82) is 0 Å². The highest BCUT2D eigenvalue weighted by Crippen LogP contribution is 2.61. The number of esters is 2. The first-order chi connectivity index (χ1) is 18.6. The number of nitrogens with zero attached hydrogens (tertiary/aromatic N) is 1. The van der Waals surface area contributed by atoms with E-state index in [0.29, 0.717) is 30.8 Å². The molecular weight excluding hydrogens is 502 g/mol. The third-order valence-electron chi connectivity index (χ3n) is 9.63. The number of rotatable bonds is 8. The lowest BCUT2D eigenvalue weighted by atomic mass is 9.77. The van der Waals surface area contributed by atoms with Crippen LogP contribution in [-0.4, -0.2) is 73.3 Å². The van der Waals surface area contributed by atoms with Gasteiger partial charge >= 0.3 is 11.9 Å². The number of benzene rings is 1. The summed E-state index contributed by atoms with van der Waals surface area (Å²) in [5.41, 5.74) is 0.138. The predicted molar refractivity (Wildman–Crippen MR) is 140 cm³/mol. The largest absolute Gasteiger partial charge is 0.497 e. The van der Waals surface area contributed by atoms with Crippen molar-refractivity contribution in [2.24, 2.45) is 11.3 Å². The fourth-order valence-electron chi connectivity index (χ4n) is 7.48. The Kier molecular flexibility index (Phi) is 6.38. The molecule has 1 aromatic carbocycles. The highest BCUT2D eigenvalue weighted by Gasteiger charge is 2.64. The van der Waals surface area contributed by atoms with Gasteiger partial charge in [0.25, 0.3) is 0 Å². The van der Waals surface area contributed by atoms with Gasteiger partial charge in [-0.2, -0.15) is 0 Å². The Labute approximate surface area is 229 Å². The van der Waals surface area contributed by atoms with Crippen LogP contribution in [0.25, 0.3) is 0 Å². The van der Waals surface area contributed by atoms with Crippen LogP contribution in [0.4, 0.5) is 0 Å². The highest BCUT2D eigenvalue weighted by molar-refractivity contribution is 5.87. The maximum absolute atomic E-state index is 14.0. The van der Waals surface area contributed by atoms with E-state index in [1.807, 2.05) is 0 Å². The Bertz CT molecular complexity index is 1200. The van der Waals surface area contributed by atoms with Crippen molar-refractivity contribution in [2.45, 2.75) is 82.0 Å².